The first-order valence-corrected chi connectivity index (χ1v) is 15.9. The molecule has 2 aromatic rings. The molecule has 2 heterocycles. The number of carbonyl (C=O) groups is 1. The van der Waals surface area contributed by atoms with Crippen molar-refractivity contribution >= 4 is 21.4 Å². The zero-order valence-corrected chi connectivity index (χ0v) is 24.9. The average Bonchev–Trinajstić information content (AvgIpc) is 3.36. The molecule has 0 radical (unpaired) electrons. The molecule has 0 spiro atoms. The van der Waals surface area contributed by atoms with Crippen LogP contribution in [0.5, 0.6) is 0 Å². The van der Waals surface area contributed by atoms with Gasteiger partial charge < -0.3 is 9.80 Å². The number of likely N-dealkylation sites (tertiary alicyclic amines) is 1. The maximum absolute atomic E-state index is 15.2. The van der Waals surface area contributed by atoms with Crippen molar-refractivity contribution in [2.24, 2.45) is 5.41 Å². The highest BCUT2D eigenvalue weighted by molar-refractivity contribution is 7.92. The summed E-state index contributed by atoms with van der Waals surface area (Å²) in [5.41, 5.74) is -8.67. The van der Waals surface area contributed by atoms with E-state index in [1.807, 2.05) is 6.92 Å². The molecule has 1 aliphatic carbocycles. The third-order valence-corrected chi connectivity index (χ3v) is 12.3. The van der Waals surface area contributed by atoms with Crippen molar-refractivity contribution < 1.29 is 48.3 Å². The molecule has 44 heavy (non-hydrogen) atoms. The number of likely N-dealkylation sites (N-methyl/N-ethyl adjacent to an activating group) is 1. The Kier molecular flexibility index (Phi) is 7.82. The van der Waals surface area contributed by atoms with Gasteiger partial charge in [-0.1, -0.05) is 38.3 Å². The Morgan fingerprint density at radius 3 is 2.05 bits per heavy atom. The number of amides is 1. The van der Waals surface area contributed by atoms with E-state index in [1.54, 1.807) is 6.92 Å². The van der Waals surface area contributed by atoms with Crippen LogP contribution in [0, 0.1) is 11.2 Å². The third kappa shape index (κ3) is 4.60. The molecule has 14 heteroatoms. The molecular weight excluding hydrogens is 620 g/mol. The normalized spacial score (nSPS) is 24.2. The Labute approximate surface area is 250 Å². The number of sulfone groups is 1. The first-order valence-electron chi connectivity index (χ1n) is 14.4. The van der Waals surface area contributed by atoms with Gasteiger partial charge in [-0.2, -0.15) is 26.3 Å². The van der Waals surface area contributed by atoms with Crippen molar-refractivity contribution in [3.8, 4) is 0 Å². The SMILES string of the molecule is CCN1CC2N(C(=O)C3(C)CCCCC3)CCC2(S(=O)(=O)c2ccc(F)cc2)c2ccc(C(F)(C(F)(F)F)C(F)(F)F)cc21. The van der Waals surface area contributed by atoms with Crippen molar-refractivity contribution in [3.63, 3.8) is 0 Å². The molecule has 1 saturated carbocycles. The Bertz CT molecular complexity index is 1520. The molecular formula is C30H32F8N2O3S. The van der Waals surface area contributed by atoms with Crippen molar-refractivity contribution in [2.75, 3.05) is 24.5 Å². The summed E-state index contributed by atoms with van der Waals surface area (Å²) >= 11 is 0. The molecule has 3 aliphatic rings. The quantitative estimate of drug-likeness (QED) is 0.254. The van der Waals surface area contributed by atoms with E-state index in [2.05, 4.69) is 0 Å². The summed E-state index contributed by atoms with van der Waals surface area (Å²) in [6.07, 6.45) is -9.24. The minimum Gasteiger partial charge on any atom is -0.369 e. The largest absolute Gasteiger partial charge is 0.435 e. The van der Waals surface area contributed by atoms with E-state index in [9.17, 15) is 43.9 Å². The maximum atomic E-state index is 15.2. The van der Waals surface area contributed by atoms with E-state index in [0.717, 1.165) is 49.6 Å². The first kappa shape index (κ1) is 32.5. The molecule has 2 fully saturated rings. The zero-order chi connectivity index (χ0) is 32.5. The number of nitrogens with zero attached hydrogens (tertiary/aromatic N) is 2. The second-order valence-electron chi connectivity index (χ2n) is 12.2. The number of hydrogen-bond donors (Lipinski definition) is 0. The van der Waals surface area contributed by atoms with E-state index < -0.39 is 55.4 Å². The van der Waals surface area contributed by atoms with Crippen molar-refractivity contribution in [2.45, 2.75) is 86.1 Å². The Morgan fingerprint density at radius 1 is 0.909 bits per heavy atom. The van der Waals surface area contributed by atoms with Crippen LogP contribution in [0.1, 0.15) is 63.5 Å². The van der Waals surface area contributed by atoms with Crippen LogP contribution in [0.4, 0.5) is 40.8 Å². The monoisotopic (exact) mass is 652 g/mol. The van der Waals surface area contributed by atoms with Gasteiger partial charge in [0.2, 0.25) is 5.91 Å². The summed E-state index contributed by atoms with van der Waals surface area (Å²) in [5, 5.41) is 0. The Hall–Kier alpha value is -2.90. The van der Waals surface area contributed by atoms with Gasteiger partial charge in [0.05, 0.1) is 10.9 Å². The second kappa shape index (κ2) is 10.6. The van der Waals surface area contributed by atoms with Crippen LogP contribution in [-0.2, 0) is 25.0 Å². The maximum Gasteiger partial charge on any atom is 0.435 e. The Morgan fingerprint density at radius 2 is 1.50 bits per heavy atom. The lowest BCUT2D eigenvalue weighted by molar-refractivity contribution is -0.348. The van der Waals surface area contributed by atoms with E-state index in [4.69, 9.17) is 0 Å². The van der Waals surface area contributed by atoms with Gasteiger partial charge >= 0.3 is 18.0 Å². The molecule has 5 nitrogen and oxygen atoms in total. The number of carbonyl (C=O) groups excluding carboxylic acids is 1. The van der Waals surface area contributed by atoms with E-state index >= 15 is 4.39 Å². The predicted molar refractivity (Wildman–Crippen MR) is 146 cm³/mol. The minimum atomic E-state index is -6.36. The van der Waals surface area contributed by atoms with Crippen LogP contribution in [-0.4, -0.2) is 57.3 Å². The van der Waals surface area contributed by atoms with Gasteiger partial charge in [0.25, 0.3) is 0 Å². The highest BCUT2D eigenvalue weighted by atomic mass is 32.2. The molecule has 1 amide bonds. The lowest BCUT2D eigenvalue weighted by Gasteiger charge is -2.48. The summed E-state index contributed by atoms with van der Waals surface area (Å²) in [6, 6.07) is 4.39. The van der Waals surface area contributed by atoms with Crippen molar-refractivity contribution in [1.82, 2.24) is 4.90 Å². The summed E-state index contributed by atoms with van der Waals surface area (Å²) in [6.45, 7) is 3.11. The lowest BCUT2D eigenvalue weighted by atomic mass is 9.74. The van der Waals surface area contributed by atoms with Gasteiger partial charge in [0.1, 0.15) is 10.6 Å². The van der Waals surface area contributed by atoms with E-state index in [1.165, 1.54) is 9.80 Å². The summed E-state index contributed by atoms with van der Waals surface area (Å²) < 4.78 is 138. The van der Waals surface area contributed by atoms with E-state index in [-0.39, 0.29) is 48.1 Å². The number of alkyl halides is 7. The van der Waals surface area contributed by atoms with Gasteiger partial charge in [-0.15, -0.1) is 0 Å². The minimum absolute atomic E-state index is 0.0102. The zero-order valence-electron chi connectivity index (χ0n) is 24.0. The molecule has 2 unspecified atom stereocenters. The molecule has 2 aromatic carbocycles. The van der Waals surface area contributed by atoms with Gasteiger partial charge in [0, 0.05) is 36.3 Å². The smallest absolute Gasteiger partial charge is 0.369 e. The predicted octanol–water partition coefficient (Wildman–Crippen LogP) is 7.20. The fourth-order valence-corrected chi connectivity index (χ4v) is 9.60. The fourth-order valence-electron chi connectivity index (χ4n) is 7.30. The number of anilines is 1. The molecule has 2 aliphatic heterocycles. The first-order chi connectivity index (χ1) is 20.3. The highest BCUT2D eigenvalue weighted by Crippen LogP contribution is 2.58. The van der Waals surface area contributed by atoms with Crippen LogP contribution >= 0.6 is 0 Å². The summed E-state index contributed by atoms with van der Waals surface area (Å²) in [7, 11) is -4.57. The summed E-state index contributed by atoms with van der Waals surface area (Å²) in [5.74, 6) is -0.998. The van der Waals surface area contributed by atoms with Crippen LogP contribution in [0.3, 0.4) is 0 Å². The topological polar surface area (TPSA) is 57.7 Å². The highest BCUT2D eigenvalue weighted by Gasteiger charge is 2.74. The van der Waals surface area contributed by atoms with Gasteiger partial charge in [0.15, 0.2) is 9.84 Å². The molecule has 242 valence electrons. The lowest BCUT2D eigenvalue weighted by Crippen LogP contribution is -2.60. The number of rotatable bonds is 5. The van der Waals surface area contributed by atoms with Crippen molar-refractivity contribution in [3.05, 3.63) is 59.4 Å². The van der Waals surface area contributed by atoms with Crippen LogP contribution in [0.15, 0.2) is 47.4 Å². The molecule has 0 aromatic heterocycles. The number of hydrogen-bond acceptors (Lipinski definition) is 4. The van der Waals surface area contributed by atoms with Gasteiger partial charge in [-0.25, -0.2) is 17.2 Å². The van der Waals surface area contributed by atoms with Crippen LogP contribution in [0.25, 0.3) is 0 Å². The summed E-state index contributed by atoms with van der Waals surface area (Å²) in [4.78, 5) is 16.6. The van der Waals surface area contributed by atoms with Gasteiger partial charge in [-0.3, -0.25) is 4.79 Å². The third-order valence-electron chi connectivity index (χ3n) is 9.72. The number of fused-ring (bicyclic) bond motifs is 3. The molecule has 0 bridgehead atoms. The molecule has 0 N–H and O–H groups in total. The second-order valence-corrected chi connectivity index (χ2v) is 14.4. The molecule has 1 saturated heterocycles. The van der Waals surface area contributed by atoms with Crippen molar-refractivity contribution in [1.29, 1.82) is 0 Å². The standard InChI is InChI=1S/C30H32F8N2O3S/c1-3-39-18-24-27(44(42,43)21-10-8-20(31)9-11-21,15-16-40(24)25(41)26(2)13-5-4-6-14-26)22-12-7-19(17-23(22)39)28(32,29(33,34)35)30(36,37)38/h7-12,17,24H,3-6,13-16,18H2,1-2H3. The van der Waals surface area contributed by atoms with Gasteiger partial charge in [-0.05, 0) is 62.1 Å². The number of benzene rings is 2. The molecule has 2 atom stereocenters. The fraction of sp³-hybridized carbons (Fsp3) is 0.567. The average molecular weight is 653 g/mol. The van der Waals surface area contributed by atoms with E-state index in [0.29, 0.717) is 25.0 Å². The Balaban J connectivity index is 1.75. The van der Waals surface area contributed by atoms with Crippen LogP contribution < -0.4 is 4.90 Å². The molecule has 5 rings (SSSR count). The van der Waals surface area contributed by atoms with Crippen LogP contribution in [0.2, 0.25) is 0 Å². The number of halogens is 8.